The Kier molecular flexibility index (Phi) is 6.56. The van der Waals surface area contributed by atoms with E-state index < -0.39 is 0 Å². The first-order valence-corrected chi connectivity index (χ1v) is 11.8. The van der Waals surface area contributed by atoms with Crippen molar-refractivity contribution in [1.29, 1.82) is 0 Å². The van der Waals surface area contributed by atoms with E-state index in [1.807, 2.05) is 60.7 Å². The van der Waals surface area contributed by atoms with Gasteiger partial charge >= 0.3 is 0 Å². The van der Waals surface area contributed by atoms with Gasteiger partial charge in [-0.15, -0.1) is 20.4 Å². The highest BCUT2D eigenvalue weighted by Gasteiger charge is 2.08. The van der Waals surface area contributed by atoms with Crippen molar-refractivity contribution in [3.05, 3.63) is 71.8 Å². The number of hydrogen-bond acceptors (Lipinski definition) is 10. The number of rotatable bonds is 7. The van der Waals surface area contributed by atoms with Gasteiger partial charge in [0.2, 0.25) is 10.3 Å². The molecule has 0 unspecified atom stereocenters. The third-order valence-corrected chi connectivity index (χ3v) is 7.84. The molecule has 2 heterocycles. The minimum absolute atomic E-state index is 0.623. The van der Waals surface area contributed by atoms with E-state index in [1.54, 1.807) is 12.4 Å². The van der Waals surface area contributed by atoms with E-state index in [1.165, 1.54) is 44.3 Å². The molecule has 0 bridgehead atoms. The summed E-state index contributed by atoms with van der Waals surface area (Å²) in [5.74, 6) is 0. The van der Waals surface area contributed by atoms with Crippen LogP contribution in [0.1, 0.15) is 11.1 Å². The Balaban J connectivity index is 1.32. The molecule has 4 aromatic rings. The van der Waals surface area contributed by atoms with E-state index in [2.05, 4.69) is 30.4 Å². The molecule has 0 aliphatic carbocycles. The summed E-state index contributed by atoms with van der Waals surface area (Å²) in [7, 11) is 2.98. The number of benzene rings is 2. The monoisotopic (exact) mass is 440 g/mol. The van der Waals surface area contributed by atoms with Crippen molar-refractivity contribution in [3.8, 4) is 0 Å². The second-order valence-electron chi connectivity index (χ2n) is 5.21. The van der Waals surface area contributed by atoms with Crippen molar-refractivity contribution in [3.63, 3.8) is 0 Å². The Hall–Kier alpha value is -2.40. The highest BCUT2D eigenvalue weighted by molar-refractivity contribution is 8.77. The summed E-state index contributed by atoms with van der Waals surface area (Å²) >= 11 is 2.87. The van der Waals surface area contributed by atoms with E-state index in [0.717, 1.165) is 19.8 Å². The van der Waals surface area contributed by atoms with E-state index in [4.69, 9.17) is 0 Å². The summed E-state index contributed by atoms with van der Waals surface area (Å²) in [6.45, 7) is 0. The van der Waals surface area contributed by atoms with Crippen molar-refractivity contribution in [2.24, 2.45) is 9.98 Å². The fourth-order valence-electron chi connectivity index (χ4n) is 1.99. The summed E-state index contributed by atoms with van der Waals surface area (Å²) in [6, 6.07) is 19.8. The van der Waals surface area contributed by atoms with E-state index >= 15 is 0 Å². The minimum Gasteiger partial charge on any atom is -0.226 e. The standard InChI is InChI=1S/C18H12N6S4/c1-3-7-13(8-4-1)11-19-15-21-23-17(25-15)27-28-18-24-22-16(26-18)20-12-14-9-5-2-6-10-14/h1-12H. The SMILES string of the molecule is C(=Nc1nnc(SSc2nnc(N=Cc3ccccc3)s2)s1)c1ccccc1. The predicted octanol–water partition coefficient (Wildman–Crippen LogP) is 5.69. The largest absolute Gasteiger partial charge is 0.232 e. The predicted molar refractivity (Wildman–Crippen MR) is 119 cm³/mol. The Morgan fingerprint density at radius 3 is 1.46 bits per heavy atom. The molecule has 2 aromatic carbocycles. The van der Waals surface area contributed by atoms with Crippen molar-refractivity contribution < 1.29 is 0 Å². The van der Waals surface area contributed by atoms with Crippen LogP contribution in [0.15, 0.2) is 79.3 Å². The lowest BCUT2D eigenvalue weighted by Crippen LogP contribution is -1.77. The van der Waals surface area contributed by atoms with Crippen LogP contribution in [0.4, 0.5) is 10.3 Å². The van der Waals surface area contributed by atoms with E-state index in [9.17, 15) is 0 Å². The molecule has 0 atom stereocenters. The molecule has 0 aliphatic heterocycles. The van der Waals surface area contributed by atoms with Crippen LogP contribution in [0.3, 0.4) is 0 Å². The molecule has 138 valence electrons. The average molecular weight is 441 g/mol. The van der Waals surface area contributed by atoms with Gasteiger partial charge in [-0.1, -0.05) is 83.3 Å². The molecule has 2 aromatic heterocycles. The molecule has 6 nitrogen and oxygen atoms in total. The molecule has 0 radical (unpaired) electrons. The molecule has 0 N–H and O–H groups in total. The summed E-state index contributed by atoms with van der Waals surface area (Å²) in [6.07, 6.45) is 3.56. The molecule has 0 aliphatic rings. The first-order chi connectivity index (χ1) is 13.8. The Morgan fingerprint density at radius 2 is 1.04 bits per heavy atom. The highest BCUT2D eigenvalue weighted by atomic mass is 33.1. The smallest absolute Gasteiger partial charge is 0.226 e. The Morgan fingerprint density at radius 1 is 0.607 bits per heavy atom. The third-order valence-electron chi connectivity index (χ3n) is 3.22. The highest BCUT2D eigenvalue weighted by Crippen LogP contribution is 2.42. The van der Waals surface area contributed by atoms with Gasteiger partial charge in [-0.3, -0.25) is 0 Å². The number of aromatic nitrogens is 4. The van der Waals surface area contributed by atoms with Crippen LogP contribution in [0.25, 0.3) is 0 Å². The van der Waals surface area contributed by atoms with Crippen LogP contribution < -0.4 is 0 Å². The zero-order chi connectivity index (χ0) is 19.0. The van der Waals surface area contributed by atoms with Gasteiger partial charge in [0.1, 0.15) is 0 Å². The molecule has 10 heteroatoms. The molecule has 0 fully saturated rings. The quantitative estimate of drug-likeness (QED) is 0.271. The average Bonchev–Trinajstić information content (AvgIpc) is 3.40. The van der Waals surface area contributed by atoms with Crippen LogP contribution in [-0.4, -0.2) is 32.8 Å². The van der Waals surface area contributed by atoms with Crippen LogP contribution in [0, 0.1) is 0 Å². The number of aliphatic imine (C=N–C) groups is 2. The molecule has 0 saturated carbocycles. The first kappa shape index (κ1) is 18.9. The van der Waals surface area contributed by atoms with Crippen molar-refractivity contribution >= 4 is 67.0 Å². The topological polar surface area (TPSA) is 76.3 Å². The molecule has 4 rings (SSSR count). The minimum atomic E-state index is 0.623. The van der Waals surface area contributed by atoms with Crippen LogP contribution in [-0.2, 0) is 0 Å². The zero-order valence-corrected chi connectivity index (χ0v) is 17.5. The van der Waals surface area contributed by atoms with Gasteiger partial charge in [0.15, 0.2) is 8.68 Å². The lowest BCUT2D eigenvalue weighted by Gasteiger charge is -1.89. The lowest BCUT2D eigenvalue weighted by molar-refractivity contribution is 1.01. The lowest BCUT2D eigenvalue weighted by atomic mass is 10.2. The van der Waals surface area contributed by atoms with Gasteiger partial charge in [-0.25, -0.2) is 9.98 Å². The van der Waals surface area contributed by atoms with Gasteiger partial charge in [0.05, 0.1) is 0 Å². The molecule has 0 amide bonds. The van der Waals surface area contributed by atoms with Crippen LogP contribution in [0.5, 0.6) is 0 Å². The van der Waals surface area contributed by atoms with Crippen molar-refractivity contribution in [2.75, 3.05) is 0 Å². The summed E-state index contributed by atoms with van der Waals surface area (Å²) in [4.78, 5) is 8.72. The van der Waals surface area contributed by atoms with E-state index in [0.29, 0.717) is 10.3 Å². The van der Waals surface area contributed by atoms with Gasteiger partial charge in [0, 0.05) is 12.4 Å². The van der Waals surface area contributed by atoms with Crippen molar-refractivity contribution in [1.82, 2.24) is 20.4 Å². The zero-order valence-electron chi connectivity index (χ0n) is 14.2. The number of hydrogen-bond donors (Lipinski definition) is 0. The Bertz CT molecular complexity index is 988. The number of nitrogens with zero attached hydrogens (tertiary/aromatic N) is 6. The van der Waals surface area contributed by atoms with Gasteiger partial charge in [0.25, 0.3) is 0 Å². The molecular weight excluding hydrogens is 429 g/mol. The van der Waals surface area contributed by atoms with Crippen LogP contribution >= 0.6 is 44.3 Å². The Labute approximate surface area is 177 Å². The second kappa shape index (κ2) is 9.69. The third kappa shape index (κ3) is 5.55. The second-order valence-corrected chi connectivity index (χ2v) is 9.74. The van der Waals surface area contributed by atoms with Gasteiger partial charge in [-0.2, -0.15) is 0 Å². The fourth-order valence-corrected chi connectivity index (χ4v) is 5.70. The maximum absolute atomic E-state index is 4.36. The normalized spacial score (nSPS) is 11.6. The van der Waals surface area contributed by atoms with Gasteiger partial charge < -0.3 is 0 Å². The molecular formula is C18H12N6S4. The maximum Gasteiger partial charge on any atom is 0.232 e. The van der Waals surface area contributed by atoms with Crippen molar-refractivity contribution in [2.45, 2.75) is 8.68 Å². The summed E-state index contributed by atoms with van der Waals surface area (Å²) in [5.41, 5.74) is 2.05. The fraction of sp³-hybridized carbons (Fsp3) is 0. The van der Waals surface area contributed by atoms with Gasteiger partial charge in [-0.05, 0) is 32.7 Å². The summed E-state index contributed by atoms with van der Waals surface area (Å²) in [5, 5.41) is 17.7. The molecule has 0 saturated heterocycles. The first-order valence-electron chi connectivity index (χ1n) is 8.05. The molecule has 28 heavy (non-hydrogen) atoms. The molecule has 0 spiro atoms. The van der Waals surface area contributed by atoms with E-state index in [-0.39, 0.29) is 0 Å². The summed E-state index contributed by atoms with van der Waals surface area (Å²) < 4.78 is 1.63. The van der Waals surface area contributed by atoms with Crippen LogP contribution in [0.2, 0.25) is 0 Å². The maximum atomic E-state index is 4.36.